The molecule has 2 aromatic rings. The van der Waals surface area contributed by atoms with Crippen molar-refractivity contribution in [3.05, 3.63) is 57.6 Å². The molecule has 0 unspecified atom stereocenters. The fourth-order valence-electron chi connectivity index (χ4n) is 3.50. The number of rotatable bonds is 8. The molecule has 29 heavy (non-hydrogen) atoms. The number of amides is 1. The lowest BCUT2D eigenvalue weighted by atomic mass is 10.1. The molecule has 0 aromatic heterocycles. The van der Waals surface area contributed by atoms with E-state index >= 15 is 0 Å². The van der Waals surface area contributed by atoms with E-state index < -0.39 is 4.92 Å². The summed E-state index contributed by atoms with van der Waals surface area (Å²) in [5.41, 5.74) is 1.99. The highest BCUT2D eigenvalue weighted by molar-refractivity contribution is 6.00. The molecule has 1 fully saturated rings. The number of carbonyl (C=O) groups excluding carboxylic acids is 1. The Morgan fingerprint density at radius 3 is 2.48 bits per heavy atom. The number of methoxy groups -OCH3 is 2. The molecule has 0 atom stereocenters. The standard InChI is InChI=1S/C21H25N3O5/c1-28-19-8-5-15(13-20(19)29-2)9-10-22-21(25)17-14-16(24(26)27)6-7-18(17)23-11-3-4-12-23/h5-8,13-14H,3-4,9-12H2,1-2H3,(H,22,25). The van der Waals surface area contributed by atoms with E-state index in [2.05, 4.69) is 10.2 Å². The van der Waals surface area contributed by atoms with Gasteiger partial charge in [-0.25, -0.2) is 0 Å². The molecule has 2 aromatic carbocycles. The van der Waals surface area contributed by atoms with Crippen molar-refractivity contribution >= 4 is 17.3 Å². The van der Waals surface area contributed by atoms with Gasteiger partial charge in [-0.2, -0.15) is 0 Å². The molecule has 154 valence electrons. The zero-order chi connectivity index (χ0) is 20.8. The van der Waals surface area contributed by atoms with Gasteiger partial charge in [-0.05, 0) is 43.0 Å². The van der Waals surface area contributed by atoms with Crippen LogP contribution in [0.5, 0.6) is 11.5 Å². The summed E-state index contributed by atoms with van der Waals surface area (Å²) >= 11 is 0. The molecule has 1 heterocycles. The van der Waals surface area contributed by atoms with Gasteiger partial charge in [0.2, 0.25) is 0 Å². The minimum absolute atomic E-state index is 0.0852. The first-order valence-corrected chi connectivity index (χ1v) is 9.56. The Balaban J connectivity index is 1.71. The van der Waals surface area contributed by atoms with E-state index in [1.54, 1.807) is 20.3 Å². The Morgan fingerprint density at radius 2 is 1.83 bits per heavy atom. The Hall–Kier alpha value is -3.29. The fourth-order valence-corrected chi connectivity index (χ4v) is 3.50. The van der Waals surface area contributed by atoms with Gasteiger partial charge in [-0.1, -0.05) is 6.07 Å². The summed E-state index contributed by atoms with van der Waals surface area (Å²) in [6.45, 7) is 2.10. The predicted molar refractivity (Wildman–Crippen MR) is 110 cm³/mol. The fraction of sp³-hybridized carbons (Fsp3) is 0.381. The lowest BCUT2D eigenvalue weighted by molar-refractivity contribution is -0.384. The Morgan fingerprint density at radius 1 is 1.10 bits per heavy atom. The van der Waals surface area contributed by atoms with Crippen molar-refractivity contribution < 1.29 is 19.2 Å². The molecule has 3 rings (SSSR count). The number of hydrogen-bond acceptors (Lipinski definition) is 6. The summed E-state index contributed by atoms with van der Waals surface area (Å²) in [6, 6.07) is 10.1. The molecule has 8 nitrogen and oxygen atoms in total. The zero-order valence-electron chi connectivity index (χ0n) is 16.6. The van der Waals surface area contributed by atoms with E-state index in [0.717, 1.165) is 37.2 Å². The number of ether oxygens (including phenoxy) is 2. The van der Waals surface area contributed by atoms with Gasteiger partial charge < -0.3 is 19.7 Å². The normalized spacial score (nSPS) is 13.2. The Labute approximate surface area is 169 Å². The number of carbonyl (C=O) groups is 1. The van der Waals surface area contributed by atoms with E-state index in [1.165, 1.54) is 12.1 Å². The third kappa shape index (κ3) is 4.77. The highest BCUT2D eigenvalue weighted by Crippen LogP contribution is 2.29. The van der Waals surface area contributed by atoms with E-state index in [4.69, 9.17) is 9.47 Å². The van der Waals surface area contributed by atoms with Crippen LogP contribution in [-0.4, -0.2) is 44.7 Å². The third-order valence-electron chi connectivity index (χ3n) is 5.03. The molecule has 1 N–H and O–H groups in total. The Bertz CT molecular complexity index is 894. The van der Waals surface area contributed by atoms with Crippen molar-refractivity contribution in [2.75, 3.05) is 38.8 Å². The molecule has 0 radical (unpaired) electrons. The molecule has 0 aliphatic carbocycles. The largest absolute Gasteiger partial charge is 0.493 e. The van der Waals surface area contributed by atoms with Crippen molar-refractivity contribution in [2.45, 2.75) is 19.3 Å². The van der Waals surface area contributed by atoms with Crippen LogP contribution in [0.4, 0.5) is 11.4 Å². The predicted octanol–water partition coefficient (Wildman–Crippen LogP) is 3.18. The van der Waals surface area contributed by atoms with Gasteiger partial charge in [0.1, 0.15) is 0 Å². The van der Waals surface area contributed by atoms with Gasteiger partial charge >= 0.3 is 0 Å². The minimum atomic E-state index is -0.478. The Kier molecular flexibility index (Phi) is 6.54. The van der Waals surface area contributed by atoms with Crippen LogP contribution in [0.15, 0.2) is 36.4 Å². The smallest absolute Gasteiger partial charge is 0.270 e. The molecule has 0 spiro atoms. The van der Waals surface area contributed by atoms with Gasteiger partial charge in [0.05, 0.1) is 30.4 Å². The van der Waals surface area contributed by atoms with Crippen LogP contribution in [0.25, 0.3) is 0 Å². The average molecular weight is 399 g/mol. The highest BCUT2D eigenvalue weighted by Gasteiger charge is 2.22. The van der Waals surface area contributed by atoms with Gasteiger partial charge in [0.25, 0.3) is 11.6 Å². The molecule has 1 aliphatic rings. The summed E-state index contributed by atoms with van der Waals surface area (Å²) in [5.74, 6) is 0.967. The second-order valence-corrected chi connectivity index (χ2v) is 6.85. The van der Waals surface area contributed by atoms with Gasteiger partial charge in [0, 0.05) is 31.8 Å². The van der Waals surface area contributed by atoms with Gasteiger partial charge in [-0.3, -0.25) is 14.9 Å². The summed E-state index contributed by atoms with van der Waals surface area (Å²) in [4.78, 5) is 25.6. The van der Waals surface area contributed by atoms with E-state index in [-0.39, 0.29) is 11.6 Å². The summed E-state index contributed by atoms with van der Waals surface area (Å²) in [5, 5.41) is 14.0. The third-order valence-corrected chi connectivity index (χ3v) is 5.03. The summed E-state index contributed by atoms with van der Waals surface area (Å²) in [6.07, 6.45) is 2.70. The lowest BCUT2D eigenvalue weighted by Gasteiger charge is -2.21. The van der Waals surface area contributed by atoms with E-state index in [0.29, 0.717) is 30.0 Å². The number of benzene rings is 2. The second-order valence-electron chi connectivity index (χ2n) is 6.85. The van der Waals surface area contributed by atoms with Gasteiger partial charge in [-0.15, -0.1) is 0 Å². The highest BCUT2D eigenvalue weighted by atomic mass is 16.6. The molecule has 0 bridgehead atoms. The molecule has 1 amide bonds. The molecular weight excluding hydrogens is 374 g/mol. The number of nitrogens with one attached hydrogen (secondary N) is 1. The molecular formula is C21H25N3O5. The molecule has 8 heteroatoms. The van der Waals surface area contributed by atoms with E-state index in [1.807, 2.05) is 18.2 Å². The number of nitrogens with zero attached hydrogens (tertiary/aromatic N) is 2. The lowest BCUT2D eigenvalue weighted by Crippen LogP contribution is -2.29. The SMILES string of the molecule is COc1ccc(CCNC(=O)c2cc([N+](=O)[O-])ccc2N2CCCC2)cc1OC. The number of nitro benzene ring substituents is 1. The molecule has 1 aliphatic heterocycles. The van der Waals surface area contributed by atoms with Crippen molar-refractivity contribution in [1.29, 1.82) is 0 Å². The zero-order valence-corrected chi connectivity index (χ0v) is 16.6. The van der Waals surface area contributed by atoms with Crippen LogP contribution in [-0.2, 0) is 6.42 Å². The minimum Gasteiger partial charge on any atom is -0.493 e. The number of nitro groups is 1. The number of hydrogen-bond donors (Lipinski definition) is 1. The van der Waals surface area contributed by atoms with Crippen molar-refractivity contribution in [3.8, 4) is 11.5 Å². The van der Waals surface area contributed by atoms with Gasteiger partial charge in [0.15, 0.2) is 11.5 Å². The first-order valence-electron chi connectivity index (χ1n) is 9.56. The van der Waals surface area contributed by atoms with Crippen molar-refractivity contribution in [3.63, 3.8) is 0 Å². The quantitative estimate of drug-likeness (QED) is 0.541. The van der Waals surface area contributed by atoms with E-state index in [9.17, 15) is 14.9 Å². The first kappa shape index (κ1) is 20.4. The second kappa shape index (κ2) is 9.27. The number of non-ortho nitro benzene ring substituents is 1. The monoisotopic (exact) mass is 399 g/mol. The molecule has 0 saturated carbocycles. The average Bonchev–Trinajstić information content (AvgIpc) is 3.27. The van der Waals surface area contributed by atoms with Crippen LogP contribution < -0.4 is 19.7 Å². The summed E-state index contributed by atoms with van der Waals surface area (Å²) < 4.78 is 10.5. The maximum absolute atomic E-state index is 12.8. The first-order chi connectivity index (χ1) is 14.0. The van der Waals surface area contributed by atoms with Crippen LogP contribution in [0.1, 0.15) is 28.8 Å². The molecule has 1 saturated heterocycles. The van der Waals surface area contributed by atoms with Crippen LogP contribution in [0.3, 0.4) is 0 Å². The van der Waals surface area contributed by atoms with Crippen molar-refractivity contribution in [2.24, 2.45) is 0 Å². The van der Waals surface area contributed by atoms with Crippen LogP contribution in [0.2, 0.25) is 0 Å². The van der Waals surface area contributed by atoms with Crippen molar-refractivity contribution in [1.82, 2.24) is 5.32 Å². The van der Waals surface area contributed by atoms with Crippen LogP contribution in [0, 0.1) is 10.1 Å². The topological polar surface area (TPSA) is 93.9 Å². The maximum atomic E-state index is 12.8. The van der Waals surface area contributed by atoms with Crippen LogP contribution >= 0.6 is 0 Å². The summed E-state index contributed by atoms with van der Waals surface area (Å²) in [7, 11) is 3.15. The maximum Gasteiger partial charge on any atom is 0.270 e. The number of anilines is 1.